The van der Waals surface area contributed by atoms with Gasteiger partial charge < -0.3 is 10.5 Å². The second-order valence-corrected chi connectivity index (χ2v) is 5.18. The Morgan fingerprint density at radius 2 is 1.68 bits per heavy atom. The fourth-order valence-corrected chi connectivity index (χ4v) is 2.33. The second kappa shape index (κ2) is 5.45. The topological polar surface area (TPSA) is 35.2 Å². The third kappa shape index (κ3) is 2.96. The predicted octanol–water partition coefficient (Wildman–Crippen LogP) is 3.68. The summed E-state index contributed by atoms with van der Waals surface area (Å²) < 4.78 is 5.94. The number of hydrogen-bond acceptors (Lipinski definition) is 2. The molecule has 1 fully saturated rings. The van der Waals surface area contributed by atoms with E-state index in [1.165, 1.54) is 18.4 Å². The number of para-hydroxylation sites is 1. The Morgan fingerprint density at radius 3 is 2.42 bits per heavy atom. The van der Waals surface area contributed by atoms with E-state index in [2.05, 4.69) is 18.2 Å². The van der Waals surface area contributed by atoms with Gasteiger partial charge in [0.25, 0.3) is 0 Å². The van der Waals surface area contributed by atoms with Crippen molar-refractivity contribution in [1.29, 1.82) is 0 Å². The lowest BCUT2D eigenvalue weighted by Crippen LogP contribution is -2.14. The standard InChI is InChI=1S/C17H19NO/c18-17(14-10-11-14)15-8-4-5-9-16(15)19-12-13-6-2-1-3-7-13/h1-9,14,17H,10-12,18H2/t17-/m0/s1. The van der Waals surface area contributed by atoms with Crippen LogP contribution in [0.15, 0.2) is 54.6 Å². The van der Waals surface area contributed by atoms with Crippen molar-refractivity contribution in [3.8, 4) is 5.75 Å². The van der Waals surface area contributed by atoms with Crippen LogP contribution in [0.3, 0.4) is 0 Å². The molecule has 0 bridgehead atoms. The average Bonchev–Trinajstić information content (AvgIpc) is 3.30. The molecule has 2 aromatic rings. The summed E-state index contributed by atoms with van der Waals surface area (Å²) in [4.78, 5) is 0. The summed E-state index contributed by atoms with van der Waals surface area (Å²) in [6.07, 6.45) is 2.49. The summed E-state index contributed by atoms with van der Waals surface area (Å²) >= 11 is 0. The third-order valence-corrected chi connectivity index (χ3v) is 3.65. The quantitative estimate of drug-likeness (QED) is 0.882. The number of ether oxygens (including phenoxy) is 1. The molecule has 0 spiro atoms. The molecule has 1 atom stereocenters. The molecule has 0 aliphatic heterocycles. The van der Waals surface area contributed by atoms with Crippen molar-refractivity contribution in [2.75, 3.05) is 0 Å². The van der Waals surface area contributed by atoms with Gasteiger partial charge in [0.1, 0.15) is 12.4 Å². The molecule has 3 rings (SSSR count). The largest absolute Gasteiger partial charge is 0.489 e. The summed E-state index contributed by atoms with van der Waals surface area (Å²) in [7, 11) is 0. The van der Waals surface area contributed by atoms with Crippen molar-refractivity contribution < 1.29 is 4.74 Å². The van der Waals surface area contributed by atoms with Gasteiger partial charge in [-0.3, -0.25) is 0 Å². The molecular formula is C17H19NO. The Kier molecular flexibility index (Phi) is 3.51. The van der Waals surface area contributed by atoms with Gasteiger partial charge in [-0.2, -0.15) is 0 Å². The lowest BCUT2D eigenvalue weighted by atomic mass is 10.0. The van der Waals surface area contributed by atoms with E-state index in [1.54, 1.807) is 0 Å². The minimum Gasteiger partial charge on any atom is -0.489 e. The molecule has 0 radical (unpaired) electrons. The first-order valence-electron chi connectivity index (χ1n) is 6.86. The van der Waals surface area contributed by atoms with Crippen molar-refractivity contribution in [2.45, 2.75) is 25.5 Å². The van der Waals surface area contributed by atoms with Gasteiger partial charge in [-0.15, -0.1) is 0 Å². The van der Waals surface area contributed by atoms with Crippen LogP contribution >= 0.6 is 0 Å². The van der Waals surface area contributed by atoms with E-state index < -0.39 is 0 Å². The number of benzene rings is 2. The van der Waals surface area contributed by atoms with Gasteiger partial charge in [0, 0.05) is 11.6 Å². The molecular weight excluding hydrogens is 234 g/mol. The van der Waals surface area contributed by atoms with Crippen LogP contribution in [0.4, 0.5) is 0 Å². The van der Waals surface area contributed by atoms with Crippen molar-refractivity contribution in [1.82, 2.24) is 0 Å². The fourth-order valence-electron chi connectivity index (χ4n) is 2.33. The molecule has 1 aliphatic carbocycles. The van der Waals surface area contributed by atoms with Crippen LogP contribution in [0.1, 0.15) is 30.0 Å². The van der Waals surface area contributed by atoms with Crippen LogP contribution in [-0.2, 0) is 6.61 Å². The van der Waals surface area contributed by atoms with Gasteiger partial charge in [-0.05, 0) is 30.4 Å². The van der Waals surface area contributed by atoms with Crippen LogP contribution < -0.4 is 10.5 Å². The van der Waals surface area contributed by atoms with Gasteiger partial charge in [0.2, 0.25) is 0 Å². The van der Waals surface area contributed by atoms with E-state index in [0.29, 0.717) is 12.5 Å². The molecule has 2 heteroatoms. The number of rotatable bonds is 5. The van der Waals surface area contributed by atoms with Gasteiger partial charge in [-0.25, -0.2) is 0 Å². The van der Waals surface area contributed by atoms with E-state index >= 15 is 0 Å². The maximum Gasteiger partial charge on any atom is 0.124 e. The first-order chi connectivity index (χ1) is 9.34. The van der Waals surface area contributed by atoms with E-state index in [9.17, 15) is 0 Å². The van der Waals surface area contributed by atoms with Crippen LogP contribution in [-0.4, -0.2) is 0 Å². The highest BCUT2D eigenvalue weighted by atomic mass is 16.5. The van der Waals surface area contributed by atoms with E-state index in [1.807, 2.05) is 36.4 Å². The fraction of sp³-hybridized carbons (Fsp3) is 0.294. The smallest absolute Gasteiger partial charge is 0.124 e. The van der Waals surface area contributed by atoms with Crippen molar-refractivity contribution >= 4 is 0 Å². The highest BCUT2D eigenvalue weighted by Crippen LogP contribution is 2.42. The zero-order valence-electron chi connectivity index (χ0n) is 11.0. The molecule has 1 aliphatic rings. The van der Waals surface area contributed by atoms with Gasteiger partial charge in [-0.1, -0.05) is 48.5 Å². The second-order valence-electron chi connectivity index (χ2n) is 5.18. The molecule has 2 nitrogen and oxygen atoms in total. The first-order valence-corrected chi connectivity index (χ1v) is 6.86. The molecule has 98 valence electrons. The van der Waals surface area contributed by atoms with E-state index in [4.69, 9.17) is 10.5 Å². The SMILES string of the molecule is N[C@H](c1ccccc1OCc1ccccc1)C1CC1. The minimum absolute atomic E-state index is 0.118. The number of nitrogens with two attached hydrogens (primary N) is 1. The van der Waals surface area contributed by atoms with Gasteiger partial charge in [0.15, 0.2) is 0 Å². The van der Waals surface area contributed by atoms with E-state index in [-0.39, 0.29) is 6.04 Å². The third-order valence-electron chi connectivity index (χ3n) is 3.65. The Hall–Kier alpha value is -1.80. The Bertz CT molecular complexity index is 534. The van der Waals surface area contributed by atoms with Crippen LogP contribution in [0, 0.1) is 5.92 Å². The molecule has 2 N–H and O–H groups in total. The summed E-state index contributed by atoms with van der Waals surface area (Å²) in [5.41, 5.74) is 8.61. The minimum atomic E-state index is 0.118. The van der Waals surface area contributed by atoms with Crippen LogP contribution in [0.2, 0.25) is 0 Å². The molecule has 2 aromatic carbocycles. The summed E-state index contributed by atoms with van der Waals surface area (Å²) in [5, 5.41) is 0. The molecule has 0 unspecified atom stereocenters. The Morgan fingerprint density at radius 1 is 1.00 bits per heavy atom. The lowest BCUT2D eigenvalue weighted by molar-refractivity contribution is 0.300. The van der Waals surface area contributed by atoms with Gasteiger partial charge >= 0.3 is 0 Å². The highest BCUT2D eigenvalue weighted by molar-refractivity contribution is 5.37. The normalized spacial score (nSPS) is 16.1. The highest BCUT2D eigenvalue weighted by Gasteiger charge is 2.31. The average molecular weight is 253 g/mol. The molecule has 0 saturated heterocycles. The monoisotopic (exact) mass is 253 g/mol. The van der Waals surface area contributed by atoms with E-state index in [0.717, 1.165) is 11.3 Å². The zero-order chi connectivity index (χ0) is 13.1. The maximum absolute atomic E-state index is 6.29. The molecule has 0 amide bonds. The summed E-state index contributed by atoms with van der Waals surface area (Å²) in [6, 6.07) is 18.5. The van der Waals surface area contributed by atoms with Crippen molar-refractivity contribution in [2.24, 2.45) is 11.7 Å². The zero-order valence-corrected chi connectivity index (χ0v) is 11.0. The van der Waals surface area contributed by atoms with Crippen LogP contribution in [0.25, 0.3) is 0 Å². The first kappa shape index (κ1) is 12.2. The molecule has 0 heterocycles. The maximum atomic E-state index is 6.29. The van der Waals surface area contributed by atoms with Crippen molar-refractivity contribution in [3.63, 3.8) is 0 Å². The predicted molar refractivity (Wildman–Crippen MR) is 76.9 cm³/mol. The Labute approximate surface area is 114 Å². The molecule has 1 saturated carbocycles. The Balaban J connectivity index is 1.73. The van der Waals surface area contributed by atoms with Crippen LogP contribution in [0.5, 0.6) is 5.75 Å². The van der Waals surface area contributed by atoms with Crippen molar-refractivity contribution in [3.05, 3.63) is 65.7 Å². The summed E-state index contributed by atoms with van der Waals surface area (Å²) in [5.74, 6) is 1.56. The molecule has 19 heavy (non-hydrogen) atoms. The summed E-state index contributed by atoms with van der Waals surface area (Å²) in [6.45, 7) is 0.592. The van der Waals surface area contributed by atoms with Gasteiger partial charge in [0.05, 0.1) is 0 Å². The lowest BCUT2D eigenvalue weighted by Gasteiger charge is -2.16. The number of hydrogen-bond donors (Lipinski definition) is 1. The molecule has 0 aromatic heterocycles.